The average molecular weight is 435 g/mol. The molecule has 0 aromatic heterocycles. The SMILES string of the molecule is [Hf].[O]=[AlH].[O]=[Y].[O]=[Zr]. The monoisotopic (exact) mass is 435 g/mol. The van der Waals surface area contributed by atoms with E-state index in [1.807, 2.05) is 0 Å². The minimum atomic E-state index is 0. The van der Waals surface area contributed by atoms with Crippen LogP contribution >= 0.6 is 0 Å². The minimum absolute atomic E-state index is 0. The molecule has 0 fully saturated rings. The fourth-order valence-corrected chi connectivity index (χ4v) is 0. The Bertz CT molecular complexity index is 19.7. The first-order chi connectivity index (χ1) is 3.00. The van der Waals surface area contributed by atoms with Crippen LogP contribution in [0.2, 0.25) is 0 Å². The molecule has 0 aromatic carbocycles. The summed E-state index contributed by atoms with van der Waals surface area (Å²) in [5.41, 5.74) is 0. The fourth-order valence-electron chi connectivity index (χ4n) is 0. The van der Waals surface area contributed by atoms with Crippen LogP contribution in [0.25, 0.3) is 0 Å². The van der Waals surface area contributed by atoms with Crippen LogP contribution < -0.4 is 0 Å². The van der Waals surface area contributed by atoms with Gasteiger partial charge in [0, 0.05) is 25.8 Å². The molecule has 0 radical (unpaired) electrons. The Morgan fingerprint density at radius 1 is 1.14 bits per heavy atom. The number of hydrogen-bond acceptors (Lipinski definition) is 3. The van der Waals surface area contributed by atoms with Crippen LogP contribution in [0.15, 0.2) is 0 Å². The first-order valence-electron chi connectivity index (χ1n) is 0.729. The van der Waals surface area contributed by atoms with E-state index < -0.39 is 0 Å². The van der Waals surface area contributed by atoms with E-state index in [1.54, 1.807) is 0 Å². The maximum atomic E-state index is 8.38. The van der Waals surface area contributed by atoms with E-state index in [2.05, 4.69) is 0 Å². The van der Waals surface area contributed by atoms with Gasteiger partial charge in [0.15, 0.2) is 0 Å². The zero-order valence-electron chi connectivity index (χ0n) is 3.51. The Hall–Kier alpha value is 2.79. The van der Waals surface area contributed by atoms with Gasteiger partial charge in [-0.15, -0.1) is 0 Å². The molecule has 0 rings (SSSR count). The molecule has 0 spiro atoms. The normalized spacial score (nSPS) is 1.71. The van der Waals surface area contributed by atoms with Crippen molar-refractivity contribution in [2.45, 2.75) is 0 Å². The molecule has 7 heteroatoms. The summed E-state index contributed by atoms with van der Waals surface area (Å²) in [4.78, 5) is 0. The second-order valence-corrected chi connectivity index (χ2v) is 0. The van der Waals surface area contributed by atoms with Crippen LogP contribution in [-0.4, -0.2) is 16.2 Å². The molecule has 0 bridgehead atoms. The Kier molecular flexibility index (Phi) is 221. The Morgan fingerprint density at radius 2 is 1.14 bits per heavy atom. The third-order valence-corrected chi connectivity index (χ3v) is 0. The zero-order chi connectivity index (χ0) is 6.00. The van der Waals surface area contributed by atoms with Crippen molar-refractivity contribution in [2.75, 3.05) is 0 Å². The van der Waals surface area contributed by atoms with Gasteiger partial charge in [0.05, 0.1) is 0 Å². The predicted molar refractivity (Wildman–Crippen MR) is 9.21 cm³/mol. The molecule has 0 amide bonds. The molecule has 0 N–H and O–H groups in total. The third-order valence-electron chi connectivity index (χ3n) is 0. The molecule has 0 saturated carbocycles. The van der Waals surface area contributed by atoms with Crippen molar-refractivity contribution in [1.82, 2.24) is 0 Å². The second kappa shape index (κ2) is 68.5. The average Bonchev–Trinajstić information content (AvgIpc) is 1.81. The molecule has 0 aliphatic rings. The Morgan fingerprint density at radius 3 is 1.14 bits per heavy atom. The number of hydrogen-bond donors (Lipinski definition) is 0. The summed E-state index contributed by atoms with van der Waals surface area (Å²) in [6.45, 7) is 0. The number of rotatable bonds is 0. The molecule has 0 saturated heterocycles. The van der Waals surface area contributed by atoms with Crippen LogP contribution in [0.4, 0.5) is 0 Å². The van der Waals surface area contributed by atoms with Crippen molar-refractivity contribution >= 4 is 16.2 Å². The van der Waals surface area contributed by atoms with Gasteiger partial charge in [0.25, 0.3) is 0 Å². The van der Waals surface area contributed by atoms with Crippen LogP contribution in [0.1, 0.15) is 0 Å². The summed E-state index contributed by atoms with van der Waals surface area (Å²) >= 11 is 1.01. The molecule has 7 heavy (non-hydrogen) atoms. The van der Waals surface area contributed by atoms with Crippen molar-refractivity contribution < 1.29 is 90.2 Å². The van der Waals surface area contributed by atoms with Gasteiger partial charge in [-0.05, 0) is 0 Å². The standard InChI is InChI=1S/Al.Hf.3O.Y.Zr.H. The van der Waals surface area contributed by atoms with Crippen LogP contribution in [-0.2, 0) is 90.2 Å². The van der Waals surface area contributed by atoms with Gasteiger partial charge < -0.3 is 0 Å². The molecule has 3 nitrogen and oxygen atoms in total. The molecular formula is HAlHfO3YZr. The molecule has 0 atom stereocenters. The van der Waals surface area contributed by atoms with Gasteiger partial charge in [-0.25, -0.2) is 0 Å². The molecule has 33 valence electrons. The summed E-state index contributed by atoms with van der Waals surface area (Å²) in [6, 6.07) is 0. The Labute approximate surface area is 104 Å². The van der Waals surface area contributed by atoms with Gasteiger partial charge in [-0.3, -0.25) is 0 Å². The zero-order valence-corrected chi connectivity index (χ0v) is 13.8. The first-order valence-corrected chi connectivity index (χ1v) is 3.47. The van der Waals surface area contributed by atoms with E-state index in [9.17, 15) is 0 Å². The van der Waals surface area contributed by atoms with Crippen LogP contribution in [0.5, 0.6) is 0 Å². The van der Waals surface area contributed by atoms with Crippen LogP contribution in [0.3, 0.4) is 0 Å². The summed E-state index contributed by atoms with van der Waals surface area (Å²) in [5, 5.41) is 0. The topological polar surface area (TPSA) is 51.2 Å². The molecule has 0 heterocycles. The summed E-state index contributed by atoms with van der Waals surface area (Å²) in [5.74, 6) is 0. The van der Waals surface area contributed by atoms with Gasteiger partial charge in [0.2, 0.25) is 0 Å². The molecule has 0 aliphatic heterocycles. The van der Waals surface area contributed by atoms with E-state index in [4.69, 9.17) is 8.66 Å². The maximum absolute atomic E-state index is 8.38. The van der Waals surface area contributed by atoms with E-state index in [1.165, 1.54) is 0 Å². The molecular weight excluding hydrogens is 434 g/mol. The first kappa shape index (κ1) is 22.6. The predicted octanol–water partition coefficient (Wildman–Crippen LogP) is -1.01. The van der Waals surface area contributed by atoms with Crippen molar-refractivity contribution in [2.24, 2.45) is 0 Å². The van der Waals surface area contributed by atoms with Gasteiger partial charge >= 0.3 is 80.6 Å². The van der Waals surface area contributed by atoms with Gasteiger partial charge in [-0.2, -0.15) is 0 Å². The second-order valence-electron chi connectivity index (χ2n) is 0. The van der Waals surface area contributed by atoms with Crippen molar-refractivity contribution in [3.63, 3.8) is 0 Å². The Balaban J connectivity index is -0.00000000900. The van der Waals surface area contributed by atoms with E-state index in [-0.39, 0.29) is 56.9 Å². The van der Waals surface area contributed by atoms with Crippen molar-refractivity contribution in [3.05, 3.63) is 0 Å². The fraction of sp³-hybridized carbons (Fsp3) is 0. The molecule has 0 aromatic rings. The van der Waals surface area contributed by atoms with E-state index >= 15 is 0 Å². The van der Waals surface area contributed by atoms with Crippen LogP contribution in [0, 0.1) is 0 Å². The van der Waals surface area contributed by atoms with Crippen molar-refractivity contribution in [1.29, 1.82) is 0 Å². The third kappa shape index (κ3) is 52.1. The van der Waals surface area contributed by atoms with Gasteiger partial charge in [0.1, 0.15) is 0 Å². The van der Waals surface area contributed by atoms with Gasteiger partial charge in [-0.1, -0.05) is 0 Å². The summed E-state index contributed by atoms with van der Waals surface area (Å²) in [6.07, 6.45) is 0. The quantitative estimate of drug-likeness (QED) is 0.459. The van der Waals surface area contributed by atoms with E-state index in [0.29, 0.717) is 40.9 Å². The molecule has 0 aliphatic carbocycles. The molecule has 0 unspecified atom stereocenters. The van der Waals surface area contributed by atoms with E-state index in [0.717, 1.165) is 0 Å². The summed E-state index contributed by atoms with van der Waals surface area (Å²) < 4.78 is 25.0. The summed E-state index contributed by atoms with van der Waals surface area (Å²) in [7, 11) is 0. The van der Waals surface area contributed by atoms with Crippen molar-refractivity contribution in [3.8, 4) is 0 Å².